The van der Waals surface area contributed by atoms with E-state index in [0.717, 1.165) is 18.1 Å². The number of benzene rings is 1. The molecule has 0 saturated heterocycles. The first-order valence-electron chi connectivity index (χ1n) is 6.97. The predicted octanol–water partition coefficient (Wildman–Crippen LogP) is 2.02. The zero-order valence-electron chi connectivity index (χ0n) is 12.7. The minimum absolute atomic E-state index is 0.414. The van der Waals surface area contributed by atoms with E-state index in [9.17, 15) is 4.79 Å². The summed E-state index contributed by atoms with van der Waals surface area (Å²) in [6, 6.07) is 11.4. The van der Waals surface area contributed by atoms with Crippen molar-refractivity contribution in [3.8, 4) is 0 Å². The highest BCUT2D eigenvalue weighted by Gasteiger charge is 2.02. The zero-order chi connectivity index (χ0) is 15.9. The Hall–Kier alpha value is -2.34. The first kappa shape index (κ1) is 16.0. The van der Waals surface area contributed by atoms with Gasteiger partial charge in [0.2, 0.25) is 5.91 Å². The normalized spacial score (nSPS) is 11.3. The topological polar surface area (TPSA) is 79.5 Å². The van der Waals surface area contributed by atoms with Crippen LogP contribution in [0.1, 0.15) is 25.7 Å². The molecule has 4 N–H and O–H groups in total. The Labute approximate surface area is 134 Å². The van der Waals surface area contributed by atoms with Crippen molar-refractivity contribution in [1.29, 1.82) is 0 Å². The van der Waals surface area contributed by atoms with Crippen LogP contribution in [0.5, 0.6) is 0 Å². The Balaban J connectivity index is 1.84. The van der Waals surface area contributed by atoms with Gasteiger partial charge in [-0.1, -0.05) is 12.1 Å². The summed E-state index contributed by atoms with van der Waals surface area (Å²) in [5.41, 5.74) is 6.79. The number of guanidine groups is 1. The first-order valence-corrected chi connectivity index (χ1v) is 7.78. The van der Waals surface area contributed by atoms with Crippen molar-refractivity contribution in [3.05, 3.63) is 57.3 Å². The van der Waals surface area contributed by atoms with Gasteiger partial charge in [-0.05, 0) is 36.8 Å². The largest absolute Gasteiger partial charge is 0.366 e. The van der Waals surface area contributed by atoms with E-state index in [2.05, 4.69) is 34.7 Å². The van der Waals surface area contributed by atoms with E-state index in [4.69, 9.17) is 5.73 Å². The fourth-order valence-electron chi connectivity index (χ4n) is 1.94. The van der Waals surface area contributed by atoms with Gasteiger partial charge in [-0.3, -0.25) is 9.79 Å². The van der Waals surface area contributed by atoms with Crippen molar-refractivity contribution < 1.29 is 4.79 Å². The van der Waals surface area contributed by atoms with Gasteiger partial charge in [0.15, 0.2) is 5.96 Å². The number of thiophene rings is 1. The molecule has 0 unspecified atom stereocenters. The van der Waals surface area contributed by atoms with E-state index < -0.39 is 5.91 Å². The molecule has 0 fully saturated rings. The average molecular weight is 316 g/mol. The van der Waals surface area contributed by atoms with Gasteiger partial charge < -0.3 is 16.4 Å². The molecular weight excluding hydrogens is 296 g/mol. The lowest BCUT2D eigenvalue weighted by Crippen LogP contribution is -2.36. The van der Waals surface area contributed by atoms with E-state index in [0.29, 0.717) is 12.1 Å². The Morgan fingerprint density at radius 3 is 2.36 bits per heavy atom. The van der Waals surface area contributed by atoms with Crippen LogP contribution in [-0.4, -0.2) is 18.9 Å². The summed E-state index contributed by atoms with van der Waals surface area (Å²) in [7, 11) is 1.74. The minimum atomic E-state index is -0.414. The lowest BCUT2D eigenvalue weighted by atomic mass is 10.1. The minimum Gasteiger partial charge on any atom is -0.366 e. The molecule has 1 aromatic carbocycles. The Bertz CT molecular complexity index is 661. The summed E-state index contributed by atoms with van der Waals surface area (Å²) in [6.07, 6.45) is 0. The van der Waals surface area contributed by atoms with Gasteiger partial charge in [0.05, 0.1) is 6.54 Å². The van der Waals surface area contributed by atoms with Crippen molar-refractivity contribution in [2.45, 2.75) is 20.0 Å². The average Bonchev–Trinajstić information content (AvgIpc) is 2.93. The zero-order valence-corrected chi connectivity index (χ0v) is 13.5. The Morgan fingerprint density at radius 1 is 1.14 bits per heavy atom. The maximum Gasteiger partial charge on any atom is 0.248 e. The lowest BCUT2D eigenvalue weighted by Gasteiger charge is -2.11. The maximum absolute atomic E-state index is 11.0. The van der Waals surface area contributed by atoms with Crippen LogP contribution in [0.15, 0.2) is 41.4 Å². The van der Waals surface area contributed by atoms with Gasteiger partial charge in [-0.2, -0.15) is 0 Å². The summed E-state index contributed by atoms with van der Waals surface area (Å²) in [6.45, 7) is 3.47. The number of carbonyl (C=O) groups excluding carboxylic acids is 1. The predicted molar refractivity (Wildman–Crippen MR) is 91.1 cm³/mol. The SMILES string of the molecule is CN=C(NCc1ccc(C(N)=O)cc1)NCc1ccc(C)s1. The molecule has 0 spiro atoms. The third-order valence-corrected chi connectivity index (χ3v) is 4.15. The summed E-state index contributed by atoms with van der Waals surface area (Å²) >= 11 is 1.77. The molecule has 5 nitrogen and oxygen atoms in total. The fraction of sp³-hybridized carbons (Fsp3) is 0.250. The van der Waals surface area contributed by atoms with Gasteiger partial charge in [0.25, 0.3) is 0 Å². The quantitative estimate of drug-likeness (QED) is 0.583. The van der Waals surface area contributed by atoms with Crippen LogP contribution >= 0.6 is 11.3 Å². The number of nitrogens with zero attached hydrogens (tertiary/aromatic N) is 1. The van der Waals surface area contributed by atoms with E-state index in [1.807, 2.05) is 12.1 Å². The molecule has 6 heteroatoms. The molecule has 116 valence electrons. The molecule has 0 saturated carbocycles. The number of amides is 1. The van der Waals surface area contributed by atoms with Crippen molar-refractivity contribution in [2.75, 3.05) is 7.05 Å². The number of nitrogens with one attached hydrogen (secondary N) is 2. The molecule has 0 aliphatic carbocycles. The number of hydrogen-bond acceptors (Lipinski definition) is 3. The van der Waals surface area contributed by atoms with Crippen LogP contribution in [0.25, 0.3) is 0 Å². The number of hydrogen-bond donors (Lipinski definition) is 3. The molecule has 22 heavy (non-hydrogen) atoms. The van der Waals surface area contributed by atoms with Gasteiger partial charge in [-0.15, -0.1) is 11.3 Å². The monoisotopic (exact) mass is 316 g/mol. The second-order valence-electron chi connectivity index (χ2n) is 4.85. The number of carbonyl (C=O) groups is 1. The van der Waals surface area contributed by atoms with Crippen LogP contribution in [0.2, 0.25) is 0 Å². The number of aryl methyl sites for hydroxylation is 1. The van der Waals surface area contributed by atoms with Crippen LogP contribution in [0, 0.1) is 6.92 Å². The molecule has 0 bridgehead atoms. The van der Waals surface area contributed by atoms with Crippen LogP contribution in [-0.2, 0) is 13.1 Å². The molecular formula is C16H20N4OS. The van der Waals surface area contributed by atoms with Crippen molar-refractivity contribution in [2.24, 2.45) is 10.7 Å². The summed E-state index contributed by atoms with van der Waals surface area (Å²) in [5.74, 6) is 0.327. The molecule has 1 aromatic heterocycles. The first-order chi connectivity index (χ1) is 10.6. The molecule has 0 radical (unpaired) electrons. The molecule has 2 rings (SSSR count). The van der Waals surface area contributed by atoms with E-state index >= 15 is 0 Å². The number of primary amides is 1. The van der Waals surface area contributed by atoms with Crippen molar-refractivity contribution in [1.82, 2.24) is 10.6 Å². The summed E-state index contributed by atoms with van der Waals surface area (Å²) in [4.78, 5) is 17.8. The highest BCUT2D eigenvalue weighted by atomic mass is 32.1. The van der Waals surface area contributed by atoms with Crippen LogP contribution < -0.4 is 16.4 Å². The van der Waals surface area contributed by atoms with Gasteiger partial charge in [0, 0.05) is 28.9 Å². The second kappa shape index (κ2) is 7.61. The Kier molecular flexibility index (Phi) is 5.55. The molecule has 1 amide bonds. The summed E-state index contributed by atoms with van der Waals surface area (Å²) < 4.78 is 0. The number of nitrogens with two attached hydrogens (primary N) is 1. The van der Waals surface area contributed by atoms with Crippen molar-refractivity contribution >= 4 is 23.2 Å². The van der Waals surface area contributed by atoms with Gasteiger partial charge >= 0.3 is 0 Å². The smallest absolute Gasteiger partial charge is 0.248 e. The number of rotatable bonds is 5. The maximum atomic E-state index is 11.0. The standard InChI is InChI=1S/C16H20N4OS/c1-11-3-8-14(22-11)10-20-16(18-2)19-9-12-4-6-13(7-5-12)15(17)21/h3-8H,9-10H2,1-2H3,(H2,17,21)(H2,18,19,20). The Morgan fingerprint density at radius 2 is 1.82 bits per heavy atom. The second-order valence-corrected chi connectivity index (χ2v) is 6.23. The van der Waals surface area contributed by atoms with Gasteiger partial charge in [0.1, 0.15) is 0 Å². The molecule has 2 aromatic rings. The molecule has 1 heterocycles. The van der Waals surface area contributed by atoms with E-state index in [-0.39, 0.29) is 0 Å². The molecule has 0 aliphatic rings. The third-order valence-electron chi connectivity index (χ3n) is 3.15. The van der Waals surface area contributed by atoms with Crippen molar-refractivity contribution in [3.63, 3.8) is 0 Å². The molecule has 0 atom stereocenters. The summed E-state index contributed by atoms with van der Waals surface area (Å²) in [5, 5.41) is 6.51. The van der Waals surface area contributed by atoms with Crippen LogP contribution in [0.3, 0.4) is 0 Å². The lowest BCUT2D eigenvalue weighted by molar-refractivity contribution is 0.100. The van der Waals surface area contributed by atoms with E-state index in [1.165, 1.54) is 9.75 Å². The number of aliphatic imine (C=N–C) groups is 1. The van der Waals surface area contributed by atoms with Gasteiger partial charge in [-0.25, -0.2) is 0 Å². The van der Waals surface area contributed by atoms with E-state index in [1.54, 1.807) is 30.5 Å². The highest BCUT2D eigenvalue weighted by Crippen LogP contribution is 2.14. The third kappa shape index (κ3) is 4.60. The fourth-order valence-corrected chi connectivity index (χ4v) is 2.77. The molecule has 0 aliphatic heterocycles. The van der Waals surface area contributed by atoms with Crippen LogP contribution in [0.4, 0.5) is 0 Å². The highest BCUT2D eigenvalue weighted by molar-refractivity contribution is 7.11.